The second kappa shape index (κ2) is 3.63. The molecule has 0 bridgehead atoms. The molecule has 2 nitrogen and oxygen atoms in total. The van der Waals surface area contributed by atoms with Gasteiger partial charge in [0.15, 0.2) is 0 Å². The third-order valence-electron chi connectivity index (χ3n) is 2.06. The molecule has 1 unspecified atom stereocenters. The third-order valence-corrected chi connectivity index (χ3v) is 2.06. The minimum Gasteiger partial charge on any atom is -0.327 e. The van der Waals surface area contributed by atoms with E-state index in [4.69, 9.17) is 5.73 Å². The summed E-state index contributed by atoms with van der Waals surface area (Å²) in [6, 6.07) is 3.43. The van der Waals surface area contributed by atoms with Crippen LogP contribution in [0.2, 0.25) is 0 Å². The van der Waals surface area contributed by atoms with E-state index in [-0.39, 0.29) is 6.54 Å². The highest BCUT2D eigenvalue weighted by Crippen LogP contribution is 2.27. The number of aromatic nitrogens is 1. The molecule has 0 amide bonds. The molecule has 0 fully saturated rings. The first-order valence-electron chi connectivity index (χ1n) is 4.02. The Morgan fingerprint density at radius 3 is 2.83 bits per heavy atom. The van der Waals surface area contributed by atoms with Crippen molar-refractivity contribution < 1.29 is 4.39 Å². The van der Waals surface area contributed by atoms with E-state index in [9.17, 15) is 4.39 Å². The molecule has 0 spiro atoms. The van der Waals surface area contributed by atoms with Crippen LogP contribution in [0.3, 0.4) is 0 Å². The van der Waals surface area contributed by atoms with Gasteiger partial charge in [-0.25, -0.2) is 4.39 Å². The molecule has 0 aliphatic heterocycles. The van der Waals surface area contributed by atoms with Crippen LogP contribution in [-0.2, 0) is 5.67 Å². The lowest BCUT2D eigenvalue weighted by Crippen LogP contribution is -2.29. The number of nitrogens with two attached hydrogens (primary N) is 1. The number of nitrogens with zero attached hydrogens (tertiary/aromatic N) is 1. The van der Waals surface area contributed by atoms with E-state index in [2.05, 4.69) is 4.98 Å². The molecule has 0 radical (unpaired) electrons. The van der Waals surface area contributed by atoms with Gasteiger partial charge >= 0.3 is 0 Å². The SMILES string of the molecule is CCC(F)(CN)c1cccnc1. The van der Waals surface area contributed by atoms with E-state index in [1.165, 1.54) is 6.20 Å². The van der Waals surface area contributed by atoms with Crippen molar-refractivity contribution in [3.63, 3.8) is 0 Å². The standard InChI is InChI=1S/C9H13FN2/c1-2-9(10,7-11)8-4-3-5-12-6-8/h3-6H,2,7,11H2,1H3. The maximum absolute atomic E-state index is 13.8. The van der Waals surface area contributed by atoms with Gasteiger partial charge in [-0.05, 0) is 12.5 Å². The lowest BCUT2D eigenvalue weighted by atomic mass is 9.95. The molecule has 0 saturated carbocycles. The van der Waals surface area contributed by atoms with Crippen molar-refractivity contribution in [2.75, 3.05) is 6.54 Å². The number of pyridine rings is 1. The largest absolute Gasteiger partial charge is 0.327 e. The van der Waals surface area contributed by atoms with Crippen LogP contribution in [0.1, 0.15) is 18.9 Å². The third kappa shape index (κ3) is 1.61. The molecule has 0 aliphatic rings. The topological polar surface area (TPSA) is 38.9 Å². The molecule has 0 aromatic carbocycles. The number of hydrogen-bond donors (Lipinski definition) is 1. The Balaban J connectivity index is 2.95. The molecule has 1 aromatic heterocycles. The van der Waals surface area contributed by atoms with Crippen LogP contribution < -0.4 is 5.73 Å². The number of alkyl halides is 1. The first kappa shape index (κ1) is 9.13. The Morgan fingerprint density at radius 2 is 2.42 bits per heavy atom. The highest BCUT2D eigenvalue weighted by molar-refractivity contribution is 5.18. The molecule has 66 valence electrons. The number of hydrogen-bond acceptors (Lipinski definition) is 2. The molecule has 1 heterocycles. The van der Waals surface area contributed by atoms with Crippen molar-refractivity contribution in [2.24, 2.45) is 5.73 Å². The molecular formula is C9H13FN2. The molecule has 1 aromatic rings. The Bertz CT molecular complexity index is 232. The lowest BCUT2D eigenvalue weighted by molar-refractivity contribution is 0.168. The molecule has 1 rings (SSSR count). The quantitative estimate of drug-likeness (QED) is 0.744. The fraction of sp³-hybridized carbons (Fsp3) is 0.444. The Morgan fingerprint density at radius 1 is 1.67 bits per heavy atom. The highest BCUT2D eigenvalue weighted by atomic mass is 19.1. The summed E-state index contributed by atoms with van der Waals surface area (Å²) < 4.78 is 13.8. The zero-order valence-corrected chi connectivity index (χ0v) is 7.13. The van der Waals surface area contributed by atoms with Crippen LogP contribution >= 0.6 is 0 Å². The summed E-state index contributed by atoms with van der Waals surface area (Å²) in [5.41, 5.74) is 4.50. The van der Waals surface area contributed by atoms with Gasteiger partial charge in [0, 0.05) is 24.5 Å². The minimum atomic E-state index is -1.41. The molecule has 0 saturated heterocycles. The second-order valence-electron chi connectivity index (χ2n) is 2.76. The first-order valence-corrected chi connectivity index (χ1v) is 4.02. The summed E-state index contributed by atoms with van der Waals surface area (Å²) in [5, 5.41) is 0. The average Bonchev–Trinajstić information content (AvgIpc) is 2.18. The van der Waals surface area contributed by atoms with Crippen molar-refractivity contribution in [1.82, 2.24) is 4.98 Å². The van der Waals surface area contributed by atoms with E-state index in [1.54, 1.807) is 25.3 Å². The molecule has 12 heavy (non-hydrogen) atoms. The van der Waals surface area contributed by atoms with E-state index < -0.39 is 5.67 Å². The monoisotopic (exact) mass is 168 g/mol. The zero-order chi connectivity index (χ0) is 9.03. The normalized spacial score (nSPS) is 15.6. The van der Waals surface area contributed by atoms with Gasteiger partial charge in [-0.3, -0.25) is 4.98 Å². The second-order valence-corrected chi connectivity index (χ2v) is 2.76. The van der Waals surface area contributed by atoms with Crippen molar-refractivity contribution >= 4 is 0 Å². The van der Waals surface area contributed by atoms with E-state index in [1.807, 2.05) is 0 Å². The van der Waals surface area contributed by atoms with E-state index in [0.717, 1.165) is 0 Å². The minimum absolute atomic E-state index is 0.00912. The Labute approximate surface area is 71.6 Å². The van der Waals surface area contributed by atoms with Crippen LogP contribution in [0.25, 0.3) is 0 Å². The average molecular weight is 168 g/mol. The zero-order valence-electron chi connectivity index (χ0n) is 7.13. The van der Waals surface area contributed by atoms with Gasteiger partial charge < -0.3 is 5.73 Å². The fourth-order valence-electron chi connectivity index (χ4n) is 1.09. The van der Waals surface area contributed by atoms with Gasteiger partial charge in [0.1, 0.15) is 5.67 Å². The highest BCUT2D eigenvalue weighted by Gasteiger charge is 2.27. The van der Waals surface area contributed by atoms with Crippen LogP contribution in [0.5, 0.6) is 0 Å². The van der Waals surface area contributed by atoms with Crippen LogP contribution in [0.15, 0.2) is 24.5 Å². The predicted octanol–water partition coefficient (Wildman–Crippen LogP) is 1.62. The van der Waals surface area contributed by atoms with Gasteiger partial charge in [0.25, 0.3) is 0 Å². The van der Waals surface area contributed by atoms with Crippen LogP contribution in [0, 0.1) is 0 Å². The van der Waals surface area contributed by atoms with Crippen molar-refractivity contribution in [3.05, 3.63) is 30.1 Å². The summed E-state index contributed by atoms with van der Waals surface area (Å²) in [7, 11) is 0. The van der Waals surface area contributed by atoms with Gasteiger partial charge in [-0.2, -0.15) is 0 Å². The Kier molecular flexibility index (Phi) is 2.76. The predicted molar refractivity (Wildman–Crippen MR) is 46.4 cm³/mol. The first-order chi connectivity index (χ1) is 5.73. The molecule has 0 aliphatic carbocycles. The van der Waals surface area contributed by atoms with Gasteiger partial charge in [0.2, 0.25) is 0 Å². The van der Waals surface area contributed by atoms with Crippen molar-refractivity contribution in [1.29, 1.82) is 0 Å². The van der Waals surface area contributed by atoms with E-state index >= 15 is 0 Å². The molecular weight excluding hydrogens is 155 g/mol. The molecule has 2 N–H and O–H groups in total. The van der Waals surface area contributed by atoms with Crippen molar-refractivity contribution in [3.8, 4) is 0 Å². The fourth-order valence-corrected chi connectivity index (χ4v) is 1.09. The number of halogens is 1. The smallest absolute Gasteiger partial charge is 0.149 e. The van der Waals surface area contributed by atoms with Gasteiger partial charge in [0.05, 0.1) is 0 Å². The Hall–Kier alpha value is -0.960. The van der Waals surface area contributed by atoms with Crippen molar-refractivity contribution in [2.45, 2.75) is 19.0 Å². The summed E-state index contributed by atoms with van der Waals surface area (Å²) in [4.78, 5) is 3.85. The van der Waals surface area contributed by atoms with E-state index in [0.29, 0.717) is 12.0 Å². The van der Waals surface area contributed by atoms with Gasteiger partial charge in [-0.1, -0.05) is 13.0 Å². The van der Waals surface area contributed by atoms with Crippen LogP contribution in [-0.4, -0.2) is 11.5 Å². The molecule has 1 atom stereocenters. The maximum atomic E-state index is 13.8. The lowest BCUT2D eigenvalue weighted by Gasteiger charge is -2.21. The van der Waals surface area contributed by atoms with Crippen LogP contribution in [0.4, 0.5) is 4.39 Å². The molecule has 3 heteroatoms. The summed E-state index contributed by atoms with van der Waals surface area (Å²) in [6.45, 7) is 1.79. The number of rotatable bonds is 3. The summed E-state index contributed by atoms with van der Waals surface area (Å²) >= 11 is 0. The maximum Gasteiger partial charge on any atom is 0.149 e. The van der Waals surface area contributed by atoms with Gasteiger partial charge in [-0.15, -0.1) is 0 Å². The summed E-state index contributed by atoms with van der Waals surface area (Å²) in [5.74, 6) is 0. The summed E-state index contributed by atoms with van der Waals surface area (Å²) in [6.07, 6.45) is 3.53.